The molecule has 0 aromatic heterocycles. The zero-order valence-corrected chi connectivity index (χ0v) is 14.2. The van der Waals surface area contributed by atoms with Crippen LogP contribution in [-0.2, 0) is 14.3 Å². The number of nitrogens with one attached hydrogen (secondary N) is 1. The highest BCUT2D eigenvalue weighted by atomic mass is 16.5. The number of esters is 1. The molecule has 1 aliphatic carbocycles. The van der Waals surface area contributed by atoms with E-state index in [0.717, 1.165) is 11.1 Å². The number of hydrogen-bond donors (Lipinski definition) is 1. The molecule has 26 heavy (non-hydrogen) atoms. The Kier molecular flexibility index (Phi) is 4.93. The average Bonchev–Trinajstić information content (AvgIpc) is 2.91. The molecule has 0 bridgehead atoms. The summed E-state index contributed by atoms with van der Waals surface area (Å²) in [4.78, 5) is 48.6. The molecule has 1 amide bonds. The third-order valence-electron chi connectivity index (χ3n) is 4.16. The van der Waals surface area contributed by atoms with E-state index in [1.54, 1.807) is 25.1 Å². The number of carbonyl (C=O) groups is 4. The topological polar surface area (TPSA) is 89.5 Å². The Morgan fingerprint density at radius 2 is 1.65 bits per heavy atom. The van der Waals surface area contributed by atoms with Gasteiger partial charge in [-0.2, -0.15) is 0 Å². The lowest BCUT2D eigenvalue weighted by Crippen LogP contribution is -2.39. The summed E-state index contributed by atoms with van der Waals surface area (Å²) in [7, 11) is 0. The van der Waals surface area contributed by atoms with E-state index >= 15 is 0 Å². The normalized spacial score (nSPS) is 15.5. The van der Waals surface area contributed by atoms with Gasteiger partial charge in [0.2, 0.25) is 5.91 Å². The van der Waals surface area contributed by atoms with E-state index in [0.29, 0.717) is 0 Å². The summed E-state index contributed by atoms with van der Waals surface area (Å²) < 4.78 is 4.71. The number of ether oxygens (including phenoxy) is 1. The van der Waals surface area contributed by atoms with E-state index in [9.17, 15) is 19.2 Å². The van der Waals surface area contributed by atoms with Crippen LogP contribution in [0.5, 0.6) is 0 Å². The SMILES string of the molecule is CCOC(=O)CNC(=O)C1C(=O)c2ccc(-c3ccccc3)cc2C1=O. The molecule has 0 saturated carbocycles. The lowest BCUT2D eigenvalue weighted by Gasteiger charge is -2.08. The van der Waals surface area contributed by atoms with E-state index in [2.05, 4.69) is 5.32 Å². The maximum atomic E-state index is 12.6. The van der Waals surface area contributed by atoms with Crippen LogP contribution in [0.25, 0.3) is 11.1 Å². The smallest absolute Gasteiger partial charge is 0.325 e. The van der Waals surface area contributed by atoms with Gasteiger partial charge in [0, 0.05) is 11.1 Å². The third kappa shape index (κ3) is 3.26. The zero-order chi connectivity index (χ0) is 18.7. The average molecular weight is 351 g/mol. The summed E-state index contributed by atoms with van der Waals surface area (Å²) in [5.41, 5.74) is 2.16. The Morgan fingerprint density at radius 1 is 0.962 bits per heavy atom. The Bertz CT molecular complexity index is 888. The van der Waals surface area contributed by atoms with Crippen molar-refractivity contribution in [1.29, 1.82) is 0 Å². The molecule has 0 spiro atoms. The van der Waals surface area contributed by atoms with Crippen LogP contribution in [0, 0.1) is 5.92 Å². The molecule has 2 aromatic rings. The number of Topliss-reactive ketones (excluding diaryl/α,β-unsaturated/α-hetero) is 2. The predicted octanol–water partition coefficient (Wildman–Crippen LogP) is 2.03. The monoisotopic (exact) mass is 351 g/mol. The van der Waals surface area contributed by atoms with E-state index in [1.807, 2.05) is 30.3 Å². The molecule has 0 aliphatic heterocycles. The van der Waals surface area contributed by atoms with Gasteiger partial charge in [-0.1, -0.05) is 42.5 Å². The molecule has 3 rings (SSSR count). The highest BCUT2D eigenvalue weighted by Gasteiger charge is 2.43. The summed E-state index contributed by atoms with van der Waals surface area (Å²) in [5, 5.41) is 2.30. The molecule has 0 fully saturated rings. The summed E-state index contributed by atoms with van der Waals surface area (Å²) >= 11 is 0. The summed E-state index contributed by atoms with van der Waals surface area (Å²) in [6.45, 7) is 1.45. The number of benzene rings is 2. The largest absolute Gasteiger partial charge is 0.465 e. The van der Waals surface area contributed by atoms with E-state index in [-0.39, 0.29) is 24.3 Å². The van der Waals surface area contributed by atoms with Crippen LogP contribution in [0.4, 0.5) is 0 Å². The molecule has 2 aromatic carbocycles. The van der Waals surface area contributed by atoms with Gasteiger partial charge in [-0.15, -0.1) is 0 Å². The molecular formula is C20H17NO5. The Hall–Kier alpha value is -3.28. The van der Waals surface area contributed by atoms with E-state index < -0.39 is 29.4 Å². The van der Waals surface area contributed by atoms with Crippen LogP contribution in [0.1, 0.15) is 27.6 Å². The number of ketones is 2. The van der Waals surface area contributed by atoms with Gasteiger partial charge in [0.15, 0.2) is 17.5 Å². The minimum atomic E-state index is -1.45. The molecule has 6 nitrogen and oxygen atoms in total. The Labute approximate surface area is 150 Å². The fraction of sp³-hybridized carbons (Fsp3) is 0.200. The number of amides is 1. The van der Waals surface area contributed by atoms with Crippen molar-refractivity contribution in [2.45, 2.75) is 6.92 Å². The molecular weight excluding hydrogens is 334 g/mol. The lowest BCUT2D eigenvalue weighted by atomic mass is 10.0. The fourth-order valence-electron chi connectivity index (χ4n) is 2.91. The second kappa shape index (κ2) is 7.31. The second-order valence-corrected chi connectivity index (χ2v) is 5.81. The minimum absolute atomic E-state index is 0.184. The zero-order valence-electron chi connectivity index (χ0n) is 14.2. The van der Waals surface area contributed by atoms with Crippen molar-refractivity contribution < 1.29 is 23.9 Å². The van der Waals surface area contributed by atoms with Crippen LogP contribution in [0.15, 0.2) is 48.5 Å². The first-order chi connectivity index (χ1) is 12.5. The summed E-state index contributed by atoms with van der Waals surface area (Å²) in [6, 6.07) is 14.4. The lowest BCUT2D eigenvalue weighted by molar-refractivity contribution is -0.143. The quantitative estimate of drug-likeness (QED) is 0.658. The third-order valence-corrected chi connectivity index (χ3v) is 4.16. The first-order valence-corrected chi connectivity index (χ1v) is 8.24. The molecule has 0 saturated heterocycles. The van der Waals surface area contributed by atoms with Crippen molar-refractivity contribution in [1.82, 2.24) is 5.32 Å². The van der Waals surface area contributed by atoms with Gasteiger partial charge in [-0.3, -0.25) is 19.2 Å². The van der Waals surface area contributed by atoms with Crippen LogP contribution < -0.4 is 5.32 Å². The van der Waals surface area contributed by atoms with Crippen LogP contribution in [-0.4, -0.2) is 36.6 Å². The molecule has 6 heteroatoms. The molecule has 0 heterocycles. The highest BCUT2D eigenvalue weighted by Crippen LogP contribution is 2.31. The van der Waals surface area contributed by atoms with Gasteiger partial charge in [0.1, 0.15) is 6.54 Å². The van der Waals surface area contributed by atoms with Gasteiger partial charge >= 0.3 is 5.97 Å². The molecule has 1 N–H and O–H groups in total. The van der Waals surface area contributed by atoms with Gasteiger partial charge in [-0.25, -0.2) is 0 Å². The highest BCUT2D eigenvalue weighted by molar-refractivity contribution is 6.35. The number of rotatable bonds is 5. The fourth-order valence-corrected chi connectivity index (χ4v) is 2.91. The maximum absolute atomic E-state index is 12.6. The summed E-state index contributed by atoms with van der Waals surface area (Å²) in [6.07, 6.45) is 0. The van der Waals surface area contributed by atoms with Gasteiger partial charge in [0.05, 0.1) is 6.61 Å². The van der Waals surface area contributed by atoms with Crippen molar-refractivity contribution in [3.05, 3.63) is 59.7 Å². The second-order valence-electron chi connectivity index (χ2n) is 5.81. The van der Waals surface area contributed by atoms with Crippen LogP contribution in [0.2, 0.25) is 0 Å². The molecule has 1 unspecified atom stereocenters. The van der Waals surface area contributed by atoms with Gasteiger partial charge < -0.3 is 10.1 Å². The van der Waals surface area contributed by atoms with Gasteiger partial charge in [0.25, 0.3) is 0 Å². The molecule has 1 aliphatic rings. The predicted molar refractivity (Wildman–Crippen MR) is 93.7 cm³/mol. The van der Waals surface area contributed by atoms with Crippen molar-refractivity contribution in [2.75, 3.05) is 13.2 Å². The molecule has 0 radical (unpaired) electrons. The maximum Gasteiger partial charge on any atom is 0.325 e. The first-order valence-electron chi connectivity index (χ1n) is 8.24. The first kappa shape index (κ1) is 17.5. The molecule has 1 atom stereocenters. The number of hydrogen-bond acceptors (Lipinski definition) is 5. The minimum Gasteiger partial charge on any atom is -0.465 e. The van der Waals surface area contributed by atoms with Gasteiger partial charge in [-0.05, 0) is 24.1 Å². The standard InChI is InChI=1S/C20H17NO5/c1-2-26-16(22)11-21-20(25)17-18(23)14-9-8-13(10-15(14)19(17)24)12-6-4-3-5-7-12/h3-10,17H,2,11H2,1H3,(H,21,25). The Morgan fingerprint density at radius 3 is 2.35 bits per heavy atom. The van der Waals surface area contributed by atoms with Crippen LogP contribution >= 0.6 is 0 Å². The van der Waals surface area contributed by atoms with Crippen molar-refractivity contribution in [3.8, 4) is 11.1 Å². The van der Waals surface area contributed by atoms with E-state index in [1.165, 1.54) is 0 Å². The number of fused-ring (bicyclic) bond motifs is 1. The molecule has 132 valence electrons. The van der Waals surface area contributed by atoms with Crippen molar-refractivity contribution in [2.24, 2.45) is 5.92 Å². The van der Waals surface area contributed by atoms with Crippen molar-refractivity contribution >= 4 is 23.4 Å². The van der Waals surface area contributed by atoms with E-state index in [4.69, 9.17) is 4.74 Å². The Balaban J connectivity index is 1.81. The van der Waals surface area contributed by atoms with Crippen molar-refractivity contribution in [3.63, 3.8) is 0 Å². The number of carbonyl (C=O) groups excluding carboxylic acids is 4. The summed E-state index contributed by atoms with van der Waals surface area (Å²) in [5.74, 6) is -3.96. The van der Waals surface area contributed by atoms with Crippen LogP contribution in [0.3, 0.4) is 0 Å².